The lowest BCUT2D eigenvalue weighted by Gasteiger charge is -2.35. The number of fused-ring (bicyclic) bond motifs is 1. The lowest BCUT2D eigenvalue weighted by Crippen LogP contribution is -2.49. The van der Waals surface area contributed by atoms with Crippen molar-refractivity contribution in [2.24, 2.45) is 0 Å². The SMILES string of the molecule is [B]C([B])(c1sc2c(c1C)c(=O)n([C@H](C)C(F)(F)F)c(=O)n2CCOC)N1CCNC1=O. The predicted molar refractivity (Wildman–Crippen MR) is 111 cm³/mol. The fourth-order valence-corrected chi connectivity index (χ4v) is 4.91. The number of amides is 2. The summed E-state index contributed by atoms with van der Waals surface area (Å²) in [4.78, 5) is 39.6. The summed E-state index contributed by atoms with van der Waals surface area (Å²) in [5.74, 6) is 0. The second-order valence-electron chi connectivity index (χ2n) is 7.27. The highest BCUT2D eigenvalue weighted by Gasteiger charge is 2.41. The molecule has 1 aliphatic heterocycles. The van der Waals surface area contributed by atoms with Crippen LogP contribution < -0.4 is 16.6 Å². The average Bonchev–Trinajstić information content (AvgIpc) is 3.25. The van der Waals surface area contributed by atoms with E-state index in [0.29, 0.717) is 6.54 Å². The average molecular weight is 454 g/mol. The van der Waals surface area contributed by atoms with Gasteiger partial charge in [-0.05, 0) is 19.4 Å². The topological polar surface area (TPSA) is 85.6 Å². The van der Waals surface area contributed by atoms with Crippen LogP contribution in [0.1, 0.15) is 23.4 Å². The van der Waals surface area contributed by atoms with Crippen molar-refractivity contribution >= 4 is 43.3 Å². The molecule has 8 nitrogen and oxygen atoms in total. The molecule has 1 aliphatic rings. The molecule has 31 heavy (non-hydrogen) atoms. The van der Waals surface area contributed by atoms with Crippen molar-refractivity contribution in [1.29, 1.82) is 0 Å². The standard InChI is InChI=1S/C17H19B2F3N4O4S/c1-8-10-12(27)26(9(2)17(20,21)22)15(29)24(6-7-30-3)13(10)31-11(8)16(18,19)25-5-4-23-14(25)28/h9H,4-7H2,1-3H3,(H,23,28)/t9-/m1/s1. The van der Waals surface area contributed by atoms with Crippen molar-refractivity contribution in [2.45, 2.75) is 37.9 Å². The Morgan fingerprint density at radius 2 is 1.90 bits per heavy atom. The Bertz CT molecular complexity index is 1140. The van der Waals surface area contributed by atoms with Crippen molar-refractivity contribution in [3.63, 3.8) is 0 Å². The smallest absolute Gasteiger partial charge is 0.383 e. The number of nitrogens with one attached hydrogen (secondary N) is 1. The number of carbonyl (C=O) groups is 1. The van der Waals surface area contributed by atoms with Gasteiger partial charge in [-0.2, -0.15) is 13.2 Å². The number of ether oxygens (including phenoxy) is 1. The van der Waals surface area contributed by atoms with Gasteiger partial charge in [0.25, 0.3) is 5.56 Å². The van der Waals surface area contributed by atoms with Gasteiger partial charge in [0.2, 0.25) is 0 Å². The third-order valence-corrected chi connectivity index (χ3v) is 6.75. The molecular formula is C17H19B2F3N4O4S. The lowest BCUT2D eigenvalue weighted by atomic mass is 9.59. The molecule has 164 valence electrons. The van der Waals surface area contributed by atoms with Crippen LogP contribution in [0.15, 0.2) is 9.59 Å². The maximum absolute atomic E-state index is 13.4. The van der Waals surface area contributed by atoms with E-state index in [1.54, 1.807) is 0 Å². The van der Waals surface area contributed by atoms with Crippen LogP contribution in [0.25, 0.3) is 10.2 Å². The number of nitrogens with zero attached hydrogens (tertiary/aromatic N) is 3. The number of methoxy groups -OCH3 is 1. The number of hydrogen-bond donors (Lipinski definition) is 1. The molecule has 4 radical (unpaired) electrons. The van der Waals surface area contributed by atoms with E-state index in [1.165, 1.54) is 18.9 Å². The minimum Gasteiger partial charge on any atom is -0.383 e. The Balaban J connectivity index is 2.35. The molecule has 2 amide bonds. The van der Waals surface area contributed by atoms with Gasteiger partial charge < -0.3 is 15.0 Å². The molecule has 3 heterocycles. The number of thiophene rings is 1. The van der Waals surface area contributed by atoms with Crippen LogP contribution in [-0.4, -0.2) is 68.7 Å². The van der Waals surface area contributed by atoms with E-state index in [1.807, 2.05) is 0 Å². The molecule has 0 aliphatic carbocycles. The second kappa shape index (κ2) is 8.05. The number of urea groups is 1. The molecule has 3 rings (SSSR count). The Morgan fingerprint density at radius 1 is 1.26 bits per heavy atom. The van der Waals surface area contributed by atoms with Crippen LogP contribution in [0.3, 0.4) is 0 Å². The van der Waals surface area contributed by atoms with Gasteiger partial charge in [-0.1, -0.05) is 0 Å². The van der Waals surface area contributed by atoms with E-state index in [9.17, 15) is 27.6 Å². The van der Waals surface area contributed by atoms with Crippen molar-refractivity contribution in [3.05, 3.63) is 31.3 Å². The molecular weight excluding hydrogens is 435 g/mol. The Labute approximate surface area is 181 Å². The summed E-state index contributed by atoms with van der Waals surface area (Å²) in [6.45, 7) is 2.65. The van der Waals surface area contributed by atoms with Crippen LogP contribution >= 0.6 is 11.3 Å². The molecule has 1 atom stereocenters. The van der Waals surface area contributed by atoms with E-state index >= 15 is 0 Å². The third-order valence-electron chi connectivity index (χ3n) is 5.29. The van der Waals surface area contributed by atoms with E-state index < -0.39 is 34.8 Å². The minimum atomic E-state index is -4.82. The summed E-state index contributed by atoms with van der Waals surface area (Å²) in [5, 5.41) is 0.633. The number of alkyl halides is 3. The van der Waals surface area contributed by atoms with Gasteiger partial charge in [0.15, 0.2) is 0 Å². The van der Waals surface area contributed by atoms with Gasteiger partial charge in [-0.15, -0.1) is 11.3 Å². The summed E-state index contributed by atoms with van der Waals surface area (Å²) in [7, 11) is 13.9. The Hall–Kier alpha value is -2.21. The molecule has 0 spiro atoms. The maximum atomic E-state index is 13.4. The zero-order valence-corrected chi connectivity index (χ0v) is 17.9. The maximum Gasteiger partial charge on any atom is 0.409 e. The summed E-state index contributed by atoms with van der Waals surface area (Å²) in [6, 6.07) is -2.86. The van der Waals surface area contributed by atoms with Gasteiger partial charge in [-0.3, -0.25) is 9.36 Å². The molecule has 0 bridgehead atoms. The first-order valence-electron chi connectivity index (χ1n) is 9.31. The number of halogens is 3. The fraction of sp³-hybridized carbons (Fsp3) is 0.588. The van der Waals surface area contributed by atoms with Crippen molar-refractivity contribution in [2.75, 3.05) is 26.8 Å². The molecule has 0 saturated carbocycles. The molecule has 0 aromatic carbocycles. The molecule has 2 aromatic heterocycles. The first kappa shape index (κ1) is 23.5. The molecule has 1 saturated heterocycles. The summed E-state index contributed by atoms with van der Waals surface area (Å²) in [6.07, 6.45) is -4.82. The van der Waals surface area contributed by atoms with Crippen LogP contribution in [0.4, 0.5) is 18.0 Å². The van der Waals surface area contributed by atoms with Gasteiger partial charge in [-0.25, -0.2) is 14.2 Å². The van der Waals surface area contributed by atoms with Crippen LogP contribution in [-0.2, 0) is 16.6 Å². The fourth-order valence-electron chi connectivity index (χ4n) is 3.56. The highest BCUT2D eigenvalue weighted by atomic mass is 32.1. The van der Waals surface area contributed by atoms with E-state index in [2.05, 4.69) is 5.32 Å². The van der Waals surface area contributed by atoms with Gasteiger partial charge >= 0.3 is 17.9 Å². The van der Waals surface area contributed by atoms with Gasteiger partial charge in [0.1, 0.15) is 10.9 Å². The van der Waals surface area contributed by atoms with Crippen molar-refractivity contribution < 1.29 is 22.7 Å². The van der Waals surface area contributed by atoms with Crippen LogP contribution in [0.2, 0.25) is 0 Å². The number of aryl methyl sites for hydroxylation is 1. The zero-order valence-electron chi connectivity index (χ0n) is 17.1. The number of aromatic nitrogens is 2. The van der Waals surface area contributed by atoms with Gasteiger partial charge in [0, 0.05) is 30.4 Å². The summed E-state index contributed by atoms with van der Waals surface area (Å²) < 4.78 is 46.4. The number of rotatable bonds is 6. The monoisotopic (exact) mass is 454 g/mol. The van der Waals surface area contributed by atoms with E-state index in [4.69, 9.17) is 20.4 Å². The molecule has 1 N–H and O–H groups in total. The summed E-state index contributed by atoms with van der Waals surface area (Å²) in [5.41, 5.74) is -2.00. The Morgan fingerprint density at radius 3 is 2.42 bits per heavy atom. The van der Waals surface area contributed by atoms with Crippen LogP contribution in [0, 0.1) is 6.92 Å². The highest BCUT2D eigenvalue weighted by Crippen LogP contribution is 2.37. The quantitative estimate of drug-likeness (QED) is 0.655. The predicted octanol–water partition coefficient (Wildman–Crippen LogP) is 0.775. The first-order valence-corrected chi connectivity index (χ1v) is 10.1. The molecule has 2 aromatic rings. The van der Waals surface area contributed by atoms with E-state index in [0.717, 1.165) is 22.8 Å². The second-order valence-corrected chi connectivity index (χ2v) is 8.26. The lowest BCUT2D eigenvalue weighted by molar-refractivity contribution is -0.164. The number of carbonyl (C=O) groups excluding carboxylic acids is 1. The third kappa shape index (κ3) is 3.79. The highest BCUT2D eigenvalue weighted by molar-refractivity contribution is 7.19. The molecule has 0 unspecified atom stereocenters. The molecule has 14 heteroatoms. The van der Waals surface area contributed by atoms with E-state index in [-0.39, 0.29) is 44.9 Å². The van der Waals surface area contributed by atoms with Crippen LogP contribution in [0.5, 0.6) is 0 Å². The number of hydrogen-bond acceptors (Lipinski definition) is 5. The molecule has 1 fully saturated rings. The Kier molecular flexibility index (Phi) is 6.09. The van der Waals surface area contributed by atoms with Gasteiger partial charge in [0.05, 0.1) is 34.2 Å². The summed E-state index contributed by atoms with van der Waals surface area (Å²) >= 11 is 0.894. The van der Waals surface area contributed by atoms with Crippen molar-refractivity contribution in [3.8, 4) is 0 Å². The normalized spacial score (nSPS) is 16.2. The largest absolute Gasteiger partial charge is 0.409 e. The first-order chi connectivity index (χ1) is 14.3. The minimum absolute atomic E-state index is 0.0187. The zero-order chi connectivity index (χ0) is 23.3. The van der Waals surface area contributed by atoms with Crippen molar-refractivity contribution in [1.82, 2.24) is 19.4 Å².